The SMILES string of the molecule is C=CC(=O)OC(CC)C(C)CC. The van der Waals surface area contributed by atoms with Gasteiger partial charge in [0, 0.05) is 6.08 Å². The summed E-state index contributed by atoms with van der Waals surface area (Å²) in [6.45, 7) is 9.56. The van der Waals surface area contributed by atoms with Gasteiger partial charge >= 0.3 is 5.97 Å². The second kappa shape index (κ2) is 5.81. The highest BCUT2D eigenvalue weighted by Crippen LogP contribution is 2.14. The van der Waals surface area contributed by atoms with Crippen molar-refractivity contribution in [2.75, 3.05) is 0 Å². The molecule has 0 aliphatic carbocycles. The van der Waals surface area contributed by atoms with E-state index in [-0.39, 0.29) is 12.1 Å². The van der Waals surface area contributed by atoms with Crippen molar-refractivity contribution in [2.45, 2.75) is 39.7 Å². The molecule has 0 spiro atoms. The molecule has 0 N–H and O–H groups in total. The molecule has 0 rings (SSSR count). The van der Waals surface area contributed by atoms with Gasteiger partial charge in [-0.15, -0.1) is 0 Å². The molecular weight excluding hydrogens is 152 g/mol. The molecule has 0 saturated carbocycles. The highest BCUT2D eigenvalue weighted by molar-refractivity contribution is 5.81. The van der Waals surface area contributed by atoms with E-state index in [9.17, 15) is 4.79 Å². The van der Waals surface area contributed by atoms with Gasteiger partial charge in [-0.05, 0) is 12.3 Å². The highest BCUT2D eigenvalue weighted by atomic mass is 16.5. The van der Waals surface area contributed by atoms with E-state index < -0.39 is 0 Å². The molecule has 0 amide bonds. The zero-order chi connectivity index (χ0) is 9.56. The second-order valence-electron chi connectivity index (χ2n) is 2.97. The summed E-state index contributed by atoms with van der Waals surface area (Å²) < 4.78 is 5.14. The number of hydrogen-bond donors (Lipinski definition) is 0. The molecule has 2 atom stereocenters. The molecule has 0 aliphatic heterocycles. The van der Waals surface area contributed by atoms with Gasteiger partial charge in [0.1, 0.15) is 6.10 Å². The Bertz CT molecular complexity index is 152. The third-order valence-electron chi connectivity index (χ3n) is 2.12. The summed E-state index contributed by atoms with van der Waals surface area (Å²) in [6, 6.07) is 0. The minimum atomic E-state index is -0.317. The Balaban J connectivity index is 3.98. The fraction of sp³-hybridized carbons (Fsp3) is 0.700. The normalized spacial score (nSPS) is 14.9. The van der Waals surface area contributed by atoms with Crippen LogP contribution in [0.1, 0.15) is 33.6 Å². The van der Waals surface area contributed by atoms with Gasteiger partial charge in [-0.25, -0.2) is 4.79 Å². The molecule has 0 bridgehead atoms. The summed E-state index contributed by atoms with van der Waals surface area (Å²) in [5.41, 5.74) is 0. The molecule has 0 aromatic carbocycles. The van der Waals surface area contributed by atoms with E-state index in [1.54, 1.807) is 0 Å². The van der Waals surface area contributed by atoms with E-state index in [0.717, 1.165) is 12.8 Å². The van der Waals surface area contributed by atoms with E-state index in [2.05, 4.69) is 20.4 Å². The predicted molar refractivity (Wildman–Crippen MR) is 49.8 cm³/mol. The van der Waals surface area contributed by atoms with E-state index in [1.807, 2.05) is 6.92 Å². The maximum atomic E-state index is 10.9. The second-order valence-corrected chi connectivity index (χ2v) is 2.97. The molecule has 0 aromatic heterocycles. The van der Waals surface area contributed by atoms with Gasteiger partial charge in [-0.2, -0.15) is 0 Å². The van der Waals surface area contributed by atoms with Crippen molar-refractivity contribution < 1.29 is 9.53 Å². The van der Waals surface area contributed by atoms with Crippen molar-refractivity contribution in [3.63, 3.8) is 0 Å². The topological polar surface area (TPSA) is 26.3 Å². The predicted octanol–water partition coefficient (Wildman–Crippen LogP) is 2.54. The third-order valence-corrected chi connectivity index (χ3v) is 2.12. The van der Waals surface area contributed by atoms with Crippen molar-refractivity contribution in [1.82, 2.24) is 0 Å². The highest BCUT2D eigenvalue weighted by Gasteiger charge is 2.16. The molecule has 2 heteroatoms. The van der Waals surface area contributed by atoms with Crippen LogP contribution in [0.3, 0.4) is 0 Å². The van der Waals surface area contributed by atoms with Gasteiger partial charge < -0.3 is 4.74 Å². The van der Waals surface area contributed by atoms with Gasteiger partial charge in [0.15, 0.2) is 0 Å². The zero-order valence-electron chi connectivity index (χ0n) is 8.17. The van der Waals surface area contributed by atoms with Gasteiger partial charge in [-0.3, -0.25) is 0 Å². The summed E-state index contributed by atoms with van der Waals surface area (Å²) in [6.07, 6.45) is 3.16. The largest absolute Gasteiger partial charge is 0.459 e. The number of carbonyl (C=O) groups is 1. The Morgan fingerprint density at radius 2 is 2.08 bits per heavy atom. The lowest BCUT2D eigenvalue weighted by atomic mass is 10.00. The summed E-state index contributed by atoms with van der Waals surface area (Å²) in [7, 11) is 0. The minimum Gasteiger partial charge on any atom is -0.459 e. The van der Waals surface area contributed by atoms with Crippen molar-refractivity contribution in [3.05, 3.63) is 12.7 Å². The van der Waals surface area contributed by atoms with Crippen LogP contribution in [-0.4, -0.2) is 12.1 Å². The number of carbonyl (C=O) groups excluding carboxylic acids is 1. The fourth-order valence-corrected chi connectivity index (χ4v) is 1.06. The van der Waals surface area contributed by atoms with Crippen LogP contribution >= 0.6 is 0 Å². The Labute approximate surface area is 74.6 Å². The Morgan fingerprint density at radius 3 is 2.42 bits per heavy atom. The number of hydrogen-bond acceptors (Lipinski definition) is 2. The average molecular weight is 170 g/mol. The molecule has 12 heavy (non-hydrogen) atoms. The molecule has 2 unspecified atom stereocenters. The molecule has 70 valence electrons. The van der Waals surface area contributed by atoms with Crippen molar-refractivity contribution in [2.24, 2.45) is 5.92 Å². The lowest BCUT2D eigenvalue weighted by Crippen LogP contribution is -2.23. The van der Waals surface area contributed by atoms with E-state index in [4.69, 9.17) is 4.74 Å². The lowest BCUT2D eigenvalue weighted by Gasteiger charge is -2.20. The molecular formula is C10H18O2. The summed E-state index contributed by atoms with van der Waals surface area (Å²) in [5.74, 6) is 0.112. The molecule has 0 fully saturated rings. The van der Waals surface area contributed by atoms with Crippen LogP contribution in [0.25, 0.3) is 0 Å². The maximum Gasteiger partial charge on any atom is 0.330 e. The Hall–Kier alpha value is -0.790. The molecule has 0 heterocycles. The summed E-state index contributed by atoms with van der Waals surface area (Å²) >= 11 is 0. The van der Waals surface area contributed by atoms with E-state index in [0.29, 0.717) is 5.92 Å². The monoisotopic (exact) mass is 170 g/mol. The molecule has 2 nitrogen and oxygen atoms in total. The standard InChI is InChI=1S/C10H18O2/c1-5-8(4)9(6-2)12-10(11)7-3/h7-9H,3,5-6H2,1-2,4H3. The number of esters is 1. The lowest BCUT2D eigenvalue weighted by molar-refractivity contribution is -0.145. The summed E-state index contributed by atoms with van der Waals surface area (Å²) in [5, 5.41) is 0. The van der Waals surface area contributed by atoms with Crippen LogP contribution in [0, 0.1) is 5.92 Å². The zero-order valence-corrected chi connectivity index (χ0v) is 8.17. The third kappa shape index (κ3) is 3.56. The average Bonchev–Trinajstić information content (AvgIpc) is 2.12. The molecule has 0 radical (unpaired) electrons. The Kier molecular flexibility index (Phi) is 5.43. The quantitative estimate of drug-likeness (QED) is 0.468. The van der Waals surface area contributed by atoms with Crippen LogP contribution in [0.2, 0.25) is 0 Å². The molecule has 0 saturated heterocycles. The first-order chi connectivity index (χ1) is 5.65. The van der Waals surface area contributed by atoms with Crippen molar-refractivity contribution >= 4 is 5.97 Å². The maximum absolute atomic E-state index is 10.9. The van der Waals surface area contributed by atoms with E-state index in [1.165, 1.54) is 6.08 Å². The van der Waals surface area contributed by atoms with Crippen LogP contribution in [-0.2, 0) is 9.53 Å². The molecule has 0 aliphatic rings. The van der Waals surface area contributed by atoms with Crippen LogP contribution in [0.15, 0.2) is 12.7 Å². The van der Waals surface area contributed by atoms with E-state index >= 15 is 0 Å². The van der Waals surface area contributed by atoms with Gasteiger partial charge in [0.05, 0.1) is 0 Å². The van der Waals surface area contributed by atoms with Crippen molar-refractivity contribution in [3.8, 4) is 0 Å². The summed E-state index contributed by atoms with van der Waals surface area (Å²) in [4.78, 5) is 10.9. The first kappa shape index (κ1) is 11.2. The van der Waals surface area contributed by atoms with Crippen molar-refractivity contribution in [1.29, 1.82) is 0 Å². The number of ether oxygens (including phenoxy) is 1. The molecule has 0 aromatic rings. The van der Waals surface area contributed by atoms with Crippen LogP contribution in [0.5, 0.6) is 0 Å². The fourth-order valence-electron chi connectivity index (χ4n) is 1.06. The first-order valence-electron chi connectivity index (χ1n) is 4.48. The van der Waals surface area contributed by atoms with Gasteiger partial charge in [0.2, 0.25) is 0 Å². The number of rotatable bonds is 5. The smallest absolute Gasteiger partial charge is 0.330 e. The van der Waals surface area contributed by atoms with Gasteiger partial charge in [0.25, 0.3) is 0 Å². The van der Waals surface area contributed by atoms with Gasteiger partial charge in [-0.1, -0.05) is 33.8 Å². The Morgan fingerprint density at radius 1 is 1.50 bits per heavy atom. The minimum absolute atomic E-state index is 0.0421. The van der Waals surface area contributed by atoms with Crippen LogP contribution in [0.4, 0.5) is 0 Å². The first-order valence-corrected chi connectivity index (χ1v) is 4.48. The van der Waals surface area contributed by atoms with Crippen LogP contribution < -0.4 is 0 Å².